The number of hydrogen-bond donors (Lipinski definition) is 1. The van der Waals surface area contributed by atoms with Crippen molar-refractivity contribution in [2.45, 2.75) is 39.3 Å². The second-order valence-electron chi connectivity index (χ2n) is 4.37. The molecule has 1 aromatic rings. The second-order valence-corrected chi connectivity index (χ2v) is 5.57. The molecule has 88 valence electrons. The van der Waals surface area contributed by atoms with Gasteiger partial charge in [-0.15, -0.1) is 11.3 Å². The Balaban J connectivity index is 2.22. The highest BCUT2D eigenvalue weighted by molar-refractivity contribution is 7.12. The molecule has 16 heavy (non-hydrogen) atoms. The Morgan fingerprint density at radius 2 is 2.31 bits per heavy atom. The van der Waals surface area contributed by atoms with Crippen LogP contribution in [0.4, 0.5) is 0 Å². The second kappa shape index (κ2) is 4.45. The zero-order valence-corrected chi connectivity index (χ0v) is 10.9. The molecule has 3 nitrogen and oxygen atoms in total. The number of nitrogens with two attached hydrogens (primary N) is 1. The molecule has 0 saturated carbocycles. The van der Waals surface area contributed by atoms with E-state index in [4.69, 9.17) is 5.73 Å². The van der Waals surface area contributed by atoms with Crippen molar-refractivity contribution in [2.75, 3.05) is 6.54 Å². The molecule has 2 N–H and O–H groups in total. The van der Waals surface area contributed by atoms with Crippen LogP contribution in [-0.2, 0) is 6.42 Å². The van der Waals surface area contributed by atoms with E-state index in [1.807, 2.05) is 11.3 Å². The van der Waals surface area contributed by atoms with Crippen molar-refractivity contribution >= 4 is 17.3 Å². The summed E-state index contributed by atoms with van der Waals surface area (Å²) in [5, 5.41) is 0. The van der Waals surface area contributed by atoms with Crippen LogP contribution in [0.3, 0.4) is 0 Å². The molecule has 0 saturated heterocycles. The third-order valence-electron chi connectivity index (χ3n) is 2.94. The number of aryl methyl sites for hydroxylation is 1. The number of nitrogens with zero attached hydrogens (tertiary/aromatic N) is 2. The fourth-order valence-electron chi connectivity index (χ4n) is 2.12. The molecular weight excluding hydrogens is 218 g/mol. The van der Waals surface area contributed by atoms with Crippen LogP contribution >= 0.6 is 11.3 Å². The smallest absolute Gasteiger partial charge is 0.192 e. The summed E-state index contributed by atoms with van der Waals surface area (Å²) in [7, 11) is 0. The Bertz CT molecular complexity index is 395. The molecule has 1 atom stereocenters. The summed E-state index contributed by atoms with van der Waals surface area (Å²) in [6, 6.07) is 5.19. The largest absolute Gasteiger partial charge is 0.370 e. The van der Waals surface area contributed by atoms with Crippen LogP contribution < -0.4 is 5.73 Å². The third kappa shape index (κ3) is 1.94. The van der Waals surface area contributed by atoms with Gasteiger partial charge in [0.15, 0.2) is 5.96 Å². The molecule has 1 aliphatic heterocycles. The lowest BCUT2D eigenvalue weighted by atomic mass is 10.2. The molecule has 0 spiro atoms. The predicted molar refractivity (Wildman–Crippen MR) is 69.9 cm³/mol. The zero-order valence-electron chi connectivity index (χ0n) is 10.1. The van der Waals surface area contributed by atoms with Crippen LogP contribution in [-0.4, -0.2) is 23.4 Å². The van der Waals surface area contributed by atoms with Gasteiger partial charge in [0, 0.05) is 15.8 Å². The lowest BCUT2D eigenvalue weighted by Crippen LogP contribution is -2.40. The summed E-state index contributed by atoms with van der Waals surface area (Å²) in [5.74, 6) is 0.687. The van der Waals surface area contributed by atoms with E-state index in [-0.39, 0.29) is 0 Å². The predicted octanol–water partition coefficient (Wildman–Crippen LogP) is 2.39. The van der Waals surface area contributed by atoms with Gasteiger partial charge < -0.3 is 10.6 Å². The van der Waals surface area contributed by atoms with E-state index >= 15 is 0 Å². The molecule has 2 heterocycles. The van der Waals surface area contributed by atoms with Crippen molar-refractivity contribution in [3.63, 3.8) is 0 Å². The zero-order chi connectivity index (χ0) is 11.7. The molecule has 2 rings (SSSR count). The Labute approximate surface area is 101 Å². The van der Waals surface area contributed by atoms with Crippen LogP contribution in [0.2, 0.25) is 0 Å². The summed E-state index contributed by atoms with van der Waals surface area (Å²) in [4.78, 5) is 9.39. The first kappa shape index (κ1) is 11.5. The van der Waals surface area contributed by atoms with E-state index in [0.717, 1.165) is 13.0 Å². The minimum absolute atomic E-state index is 0.352. The SMILES string of the molecule is CCc1ccc(C2CN=C(N)N2C(C)C)s1. The number of hydrogen-bond acceptors (Lipinski definition) is 4. The number of guanidine groups is 1. The van der Waals surface area contributed by atoms with Gasteiger partial charge in [0.05, 0.1) is 12.6 Å². The molecular formula is C12H19N3S. The number of rotatable bonds is 3. The molecule has 0 aromatic carbocycles. The Morgan fingerprint density at radius 1 is 1.56 bits per heavy atom. The summed E-state index contributed by atoms with van der Waals surface area (Å²) < 4.78 is 0. The van der Waals surface area contributed by atoms with Crippen molar-refractivity contribution in [3.05, 3.63) is 21.9 Å². The van der Waals surface area contributed by atoms with Gasteiger partial charge >= 0.3 is 0 Å². The molecule has 0 aliphatic carbocycles. The van der Waals surface area contributed by atoms with Crippen molar-refractivity contribution in [1.82, 2.24) is 4.90 Å². The molecule has 1 unspecified atom stereocenters. The van der Waals surface area contributed by atoms with Crippen molar-refractivity contribution in [3.8, 4) is 0 Å². The van der Waals surface area contributed by atoms with Gasteiger partial charge in [-0.25, -0.2) is 0 Å². The Hall–Kier alpha value is -1.03. The summed E-state index contributed by atoms with van der Waals surface area (Å²) in [6.07, 6.45) is 1.11. The molecule has 4 heteroatoms. The van der Waals surface area contributed by atoms with E-state index < -0.39 is 0 Å². The number of aliphatic imine (C=N–C) groups is 1. The minimum atomic E-state index is 0.352. The normalized spacial score (nSPS) is 20.6. The number of thiophene rings is 1. The monoisotopic (exact) mass is 237 g/mol. The Kier molecular flexibility index (Phi) is 3.19. The summed E-state index contributed by atoms with van der Waals surface area (Å²) in [5.41, 5.74) is 5.93. The first-order chi connectivity index (χ1) is 7.63. The first-order valence-electron chi connectivity index (χ1n) is 5.80. The van der Waals surface area contributed by atoms with Crippen LogP contribution in [0.15, 0.2) is 17.1 Å². The van der Waals surface area contributed by atoms with Gasteiger partial charge in [-0.1, -0.05) is 6.92 Å². The summed E-state index contributed by atoms with van der Waals surface area (Å²) in [6.45, 7) is 7.31. The third-order valence-corrected chi connectivity index (χ3v) is 4.27. The van der Waals surface area contributed by atoms with Crippen LogP contribution in [0, 0.1) is 0 Å². The van der Waals surface area contributed by atoms with Gasteiger partial charge in [0.25, 0.3) is 0 Å². The molecule has 0 bridgehead atoms. The van der Waals surface area contributed by atoms with Crippen LogP contribution in [0.25, 0.3) is 0 Å². The molecule has 0 radical (unpaired) electrons. The average Bonchev–Trinajstić information content (AvgIpc) is 2.82. The minimum Gasteiger partial charge on any atom is -0.370 e. The van der Waals surface area contributed by atoms with Gasteiger partial charge in [-0.2, -0.15) is 0 Å². The lowest BCUT2D eigenvalue weighted by Gasteiger charge is -2.29. The van der Waals surface area contributed by atoms with Crippen LogP contribution in [0.1, 0.15) is 36.6 Å². The maximum atomic E-state index is 5.93. The van der Waals surface area contributed by atoms with Gasteiger partial charge in [0.2, 0.25) is 0 Å². The highest BCUT2D eigenvalue weighted by atomic mass is 32.1. The van der Waals surface area contributed by atoms with Crippen molar-refractivity contribution in [1.29, 1.82) is 0 Å². The fourth-order valence-corrected chi connectivity index (χ4v) is 3.17. The summed E-state index contributed by atoms with van der Waals surface area (Å²) >= 11 is 1.88. The fraction of sp³-hybridized carbons (Fsp3) is 0.583. The highest BCUT2D eigenvalue weighted by Crippen LogP contribution is 2.32. The topological polar surface area (TPSA) is 41.6 Å². The van der Waals surface area contributed by atoms with E-state index in [1.165, 1.54) is 9.75 Å². The van der Waals surface area contributed by atoms with E-state index in [9.17, 15) is 0 Å². The quantitative estimate of drug-likeness (QED) is 0.877. The van der Waals surface area contributed by atoms with Crippen LogP contribution in [0.5, 0.6) is 0 Å². The van der Waals surface area contributed by atoms with E-state index in [1.54, 1.807) is 0 Å². The Morgan fingerprint density at radius 3 is 2.88 bits per heavy atom. The maximum Gasteiger partial charge on any atom is 0.192 e. The van der Waals surface area contributed by atoms with Crippen molar-refractivity contribution in [2.24, 2.45) is 10.7 Å². The average molecular weight is 237 g/mol. The molecule has 1 aromatic heterocycles. The molecule has 1 aliphatic rings. The lowest BCUT2D eigenvalue weighted by molar-refractivity contribution is 0.293. The standard InChI is InChI=1S/C12H19N3S/c1-4-9-5-6-11(16-9)10-7-14-12(13)15(10)8(2)3/h5-6,8,10H,4,7H2,1-3H3,(H2,13,14). The highest BCUT2D eigenvalue weighted by Gasteiger charge is 2.30. The molecule has 0 fully saturated rings. The van der Waals surface area contributed by atoms with Gasteiger partial charge in [-0.3, -0.25) is 4.99 Å². The van der Waals surface area contributed by atoms with E-state index in [2.05, 4.69) is 42.8 Å². The van der Waals surface area contributed by atoms with Gasteiger partial charge in [-0.05, 0) is 32.4 Å². The maximum absolute atomic E-state index is 5.93. The molecule has 0 amide bonds. The first-order valence-corrected chi connectivity index (χ1v) is 6.62. The van der Waals surface area contributed by atoms with E-state index in [0.29, 0.717) is 18.0 Å². The van der Waals surface area contributed by atoms with Crippen molar-refractivity contribution < 1.29 is 0 Å². The van der Waals surface area contributed by atoms with Gasteiger partial charge in [0.1, 0.15) is 0 Å².